The number of hydrogen-bond acceptors (Lipinski definition) is 3. The number of aryl methyl sites for hydroxylation is 1. The maximum absolute atomic E-state index is 12.6. The van der Waals surface area contributed by atoms with Gasteiger partial charge in [-0.2, -0.15) is 0 Å². The molecule has 114 valence electrons. The Balaban J connectivity index is 2.17. The molecule has 0 bridgehead atoms. The number of amides is 1. The van der Waals surface area contributed by atoms with Gasteiger partial charge >= 0.3 is 5.97 Å². The molecule has 1 fully saturated rings. The first-order chi connectivity index (χ1) is 10.0. The fourth-order valence-electron chi connectivity index (χ4n) is 2.83. The Morgan fingerprint density at radius 2 is 2.05 bits per heavy atom. The van der Waals surface area contributed by atoms with E-state index in [0.717, 1.165) is 24.9 Å². The first-order valence-corrected chi connectivity index (χ1v) is 7.14. The third-order valence-electron chi connectivity index (χ3n) is 3.78. The van der Waals surface area contributed by atoms with Crippen LogP contribution in [0.5, 0.6) is 0 Å². The summed E-state index contributed by atoms with van der Waals surface area (Å²) in [5, 5.41) is 9.10. The maximum atomic E-state index is 12.6. The van der Waals surface area contributed by atoms with Crippen LogP contribution in [-0.2, 0) is 4.74 Å². The molecule has 1 heterocycles. The van der Waals surface area contributed by atoms with Gasteiger partial charge in [0, 0.05) is 25.8 Å². The van der Waals surface area contributed by atoms with Crippen molar-refractivity contribution in [3.63, 3.8) is 0 Å². The summed E-state index contributed by atoms with van der Waals surface area (Å²) >= 11 is 0. The van der Waals surface area contributed by atoms with Crippen molar-refractivity contribution in [1.29, 1.82) is 0 Å². The van der Waals surface area contributed by atoms with E-state index in [1.807, 2.05) is 0 Å². The molecule has 1 atom stereocenters. The van der Waals surface area contributed by atoms with Gasteiger partial charge in [-0.3, -0.25) is 4.79 Å². The van der Waals surface area contributed by atoms with Crippen molar-refractivity contribution in [2.24, 2.45) is 5.92 Å². The van der Waals surface area contributed by atoms with Crippen molar-refractivity contribution in [2.75, 3.05) is 26.8 Å². The normalized spacial score (nSPS) is 18.6. The first kappa shape index (κ1) is 15.5. The summed E-state index contributed by atoms with van der Waals surface area (Å²) < 4.78 is 5.17. The molecule has 21 heavy (non-hydrogen) atoms. The lowest BCUT2D eigenvalue weighted by molar-refractivity contribution is 0.0571. The number of rotatable bonds is 4. The summed E-state index contributed by atoms with van der Waals surface area (Å²) in [6.45, 7) is 3.84. The van der Waals surface area contributed by atoms with Crippen molar-refractivity contribution in [3.05, 3.63) is 34.9 Å². The van der Waals surface area contributed by atoms with Gasteiger partial charge in [0.05, 0.1) is 12.2 Å². The lowest BCUT2D eigenvalue weighted by Gasteiger charge is -2.32. The first-order valence-electron chi connectivity index (χ1n) is 7.14. The van der Waals surface area contributed by atoms with Crippen LogP contribution in [0.1, 0.15) is 39.1 Å². The Morgan fingerprint density at radius 3 is 2.71 bits per heavy atom. The van der Waals surface area contributed by atoms with Crippen LogP contribution in [0, 0.1) is 12.8 Å². The highest BCUT2D eigenvalue weighted by Crippen LogP contribution is 2.20. The Bertz CT molecular complexity index is 539. The lowest BCUT2D eigenvalue weighted by Crippen LogP contribution is -2.41. The van der Waals surface area contributed by atoms with Crippen molar-refractivity contribution >= 4 is 11.9 Å². The molecule has 0 spiro atoms. The molecule has 0 aromatic heterocycles. The molecule has 2 rings (SSSR count). The summed E-state index contributed by atoms with van der Waals surface area (Å²) in [7, 11) is 1.67. The molecule has 1 unspecified atom stereocenters. The Kier molecular flexibility index (Phi) is 4.96. The van der Waals surface area contributed by atoms with E-state index in [1.165, 1.54) is 6.07 Å². The van der Waals surface area contributed by atoms with E-state index in [2.05, 4.69) is 0 Å². The maximum Gasteiger partial charge on any atom is 0.335 e. The second kappa shape index (κ2) is 6.72. The van der Waals surface area contributed by atoms with Crippen molar-refractivity contribution in [2.45, 2.75) is 19.8 Å². The molecule has 5 heteroatoms. The van der Waals surface area contributed by atoms with Crippen LogP contribution in [0.2, 0.25) is 0 Å². The van der Waals surface area contributed by atoms with E-state index in [0.29, 0.717) is 24.6 Å². The number of piperidine rings is 1. The molecule has 5 nitrogen and oxygen atoms in total. The van der Waals surface area contributed by atoms with E-state index in [-0.39, 0.29) is 11.5 Å². The number of carboxylic acid groups (broad SMARTS) is 1. The van der Waals surface area contributed by atoms with Gasteiger partial charge in [-0.15, -0.1) is 0 Å². The number of carboxylic acids is 1. The molecule has 1 amide bonds. The van der Waals surface area contributed by atoms with Gasteiger partial charge in [-0.05, 0) is 49.4 Å². The number of nitrogens with zero attached hydrogens (tertiary/aromatic N) is 1. The standard InChI is InChI=1S/C16H21NO4/c1-11-6-13(8-14(7-11)16(19)20)15(18)17-5-3-4-12(9-17)10-21-2/h6-8,12H,3-5,9-10H2,1-2H3,(H,19,20). The minimum Gasteiger partial charge on any atom is -0.478 e. The van der Waals surface area contributed by atoms with E-state index in [4.69, 9.17) is 9.84 Å². The van der Waals surface area contributed by atoms with Crippen LogP contribution >= 0.6 is 0 Å². The predicted molar refractivity (Wildman–Crippen MR) is 78.6 cm³/mol. The second-order valence-electron chi connectivity index (χ2n) is 5.61. The number of likely N-dealkylation sites (tertiary alicyclic amines) is 1. The van der Waals surface area contributed by atoms with Gasteiger partial charge < -0.3 is 14.7 Å². The third-order valence-corrected chi connectivity index (χ3v) is 3.78. The van der Waals surface area contributed by atoms with E-state index in [1.54, 1.807) is 31.1 Å². The SMILES string of the molecule is COCC1CCCN(C(=O)c2cc(C)cc(C(=O)O)c2)C1. The van der Waals surface area contributed by atoms with Gasteiger partial charge in [0.25, 0.3) is 5.91 Å². The zero-order chi connectivity index (χ0) is 15.4. The van der Waals surface area contributed by atoms with Crippen LogP contribution in [-0.4, -0.2) is 48.7 Å². The van der Waals surface area contributed by atoms with E-state index >= 15 is 0 Å². The minimum absolute atomic E-state index is 0.0954. The smallest absolute Gasteiger partial charge is 0.335 e. The van der Waals surface area contributed by atoms with Gasteiger partial charge in [-0.25, -0.2) is 4.79 Å². The molecule has 1 aliphatic rings. The van der Waals surface area contributed by atoms with Crippen molar-refractivity contribution < 1.29 is 19.4 Å². The largest absolute Gasteiger partial charge is 0.478 e. The fraction of sp³-hybridized carbons (Fsp3) is 0.500. The highest BCUT2D eigenvalue weighted by atomic mass is 16.5. The topological polar surface area (TPSA) is 66.8 Å². The van der Waals surface area contributed by atoms with Gasteiger partial charge in [-0.1, -0.05) is 0 Å². The number of aromatic carboxylic acids is 1. The average Bonchev–Trinajstić information content (AvgIpc) is 2.46. The Labute approximate surface area is 124 Å². The summed E-state index contributed by atoms with van der Waals surface area (Å²) in [5.41, 5.74) is 1.39. The summed E-state index contributed by atoms with van der Waals surface area (Å²) in [6.07, 6.45) is 2.02. The van der Waals surface area contributed by atoms with Crippen LogP contribution < -0.4 is 0 Å². The number of benzene rings is 1. The molecule has 1 aromatic rings. The van der Waals surface area contributed by atoms with Crippen LogP contribution in [0.3, 0.4) is 0 Å². The van der Waals surface area contributed by atoms with Gasteiger partial charge in [0.15, 0.2) is 0 Å². The molecular formula is C16H21NO4. The van der Waals surface area contributed by atoms with Gasteiger partial charge in [0.1, 0.15) is 0 Å². The average molecular weight is 291 g/mol. The number of carbonyl (C=O) groups is 2. The molecule has 1 N–H and O–H groups in total. The highest BCUT2D eigenvalue weighted by Gasteiger charge is 2.25. The van der Waals surface area contributed by atoms with Crippen molar-refractivity contribution in [3.8, 4) is 0 Å². The fourth-order valence-corrected chi connectivity index (χ4v) is 2.83. The molecule has 0 aliphatic carbocycles. The number of hydrogen-bond donors (Lipinski definition) is 1. The number of carbonyl (C=O) groups excluding carboxylic acids is 1. The summed E-state index contributed by atoms with van der Waals surface area (Å²) in [5.74, 6) is -0.748. The van der Waals surface area contributed by atoms with Crippen molar-refractivity contribution in [1.82, 2.24) is 4.90 Å². The van der Waals surface area contributed by atoms with E-state index < -0.39 is 5.97 Å². The monoisotopic (exact) mass is 291 g/mol. The predicted octanol–water partition coefficient (Wildman–Crippen LogP) is 2.19. The number of methoxy groups -OCH3 is 1. The Morgan fingerprint density at radius 1 is 1.33 bits per heavy atom. The van der Waals surface area contributed by atoms with Crippen LogP contribution in [0.15, 0.2) is 18.2 Å². The summed E-state index contributed by atoms with van der Waals surface area (Å²) in [4.78, 5) is 25.5. The molecule has 0 saturated carbocycles. The molecule has 1 aromatic carbocycles. The molecule has 1 saturated heterocycles. The Hall–Kier alpha value is -1.88. The quantitative estimate of drug-likeness (QED) is 0.923. The lowest BCUT2D eigenvalue weighted by atomic mass is 9.97. The number of ether oxygens (including phenoxy) is 1. The van der Waals surface area contributed by atoms with E-state index in [9.17, 15) is 9.59 Å². The zero-order valence-electron chi connectivity index (χ0n) is 12.5. The molecular weight excluding hydrogens is 270 g/mol. The molecule has 1 aliphatic heterocycles. The minimum atomic E-state index is -1.01. The zero-order valence-corrected chi connectivity index (χ0v) is 12.5. The third kappa shape index (κ3) is 3.82. The molecule has 0 radical (unpaired) electrons. The van der Waals surface area contributed by atoms with Crippen LogP contribution in [0.25, 0.3) is 0 Å². The van der Waals surface area contributed by atoms with Gasteiger partial charge in [0.2, 0.25) is 0 Å². The summed E-state index contributed by atoms with van der Waals surface area (Å²) in [6, 6.07) is 4.77. The highest BCUT2D eigenvalue weighted by molar-refractivity contribution is 5.97. The van der Waals surface area contributed by atoms with Crippen LogP contribution in [0.4, 0.5) is 0 Å². The second-order valence-corrected chi connectivity index (χ2v) is 5.61.